The minimum absolute atomic E-state index is 0.120. The fourth-order valence-corrected chi connectivity index (χ4v) is 1.73. The zero-order valence-electron chi connectivity index (χ0n) is 7.52. The maximum atomic E-state index is 13.2. The van der Waals surface area contributed by atoms with E-state index in [1.54, 1.807) is 0 Å². The highest BCUT2D eigenvalue weighted by molar-refractivity contribution is 7.99. The molecule has 0 amide bonds. The second kappa shape index (κ2) is 4.35. The van der Waals surface area contributed by atoms with E-state index >= 15 is 0 Å². The molecule has 0 N–H and O–H groups in total. The summed E-state index contributed by atoms with van der Waals surface area (Å²) in [5, 5.41) is 0.241. The maximum Gasteiger partial charge on any atom is 0.155 e. The molecule has 5 heteroatoms. The lowest BCUT2D eigenvalue weighted by atomic mass is 10.5. The standard InChI is InChI=1S/C10H6F2N2S/c11-7-3-1-5-13-9(7)15-10-8(12)4-2-6-14-10/h1-6H. The fourth-order valence-electron chi connectivity index (χ4n) is 0.984. The lowest BCUT2D eigenvalue weighted by Crippen LogP contribution is -1.89. The van der Waals surface area contributed by atoms with Crippen molar-refractivity contribution in [2.75, 3.05) is 0 Å². The Balaban J connectivity index is 2.30. The molecule has 0 saturated carbocycles. The molecule has 2 heterocycles. The molecule has 2 aromatic heterocycles. The largest absolute Gasteiger partial charge is 0.246 e. The number of rotatable bonds is 2. The molecule has 0 aliphatic carbocycles. The quantitative estimate of drug-likeness (QED) is 0.784. The normalized spacial score (nSPS) is 10.3. The van der Waals surface area contributed by atoms with Gasteiger partial charge in [0.15, 0.2) is 11.6 Å². The van der Waals surface area contributed by atoms with Gasteiger partial charge in [0, 0.05) is 12.4 Å². The van der Waals surface area contributed by atoms with Gasteiger partial charge < -0.3 is 0 Å². The van der Waals surface area contributed by atoms with E-state index in [9.17, 15) is 8.78 Å². The Morgan fingerprint density at radius 2 is 1.33 bits per heavy atom. The zero-order chi connectivity index (χ0) is 10.7. The van der Waals surface area contributed by atoms with Gasteiger partial charge in [0.25, 0.3) is 0 Å². The van der Waals surface area contributed by atoms with Crippen LogP contribution in [0.4, 0.5) is 8.78 Å². The predicted molar refractivity (Wildman–Crippen MR) is 52.5 cm³/mol. The van der Waals surface area contributed by atoms with Gasteiger partial charge >= 0.3 is 0 Å². The molecule has 0 radical (unpaired) electrons. The molecule has 0 aromatic carbocycles. The first-order valence-corrected chi connectivity index (χ1v) is 4.98. The zero-order valence-corrected chi connectivity index (χ0v) is 8.34. The van der Waals surface area contributed by atoms with Gasteiger partial charge in [-0.2, -0.15) is 0 Å². The molecule has 0 bridgehead atoms. The summed E-state index contributed by atoms with van der Waals surface area (Å²) in [6.07, 6.45) is 2.90. The van der Waals surface area contributed by atoms with Gasteiger partial charge in [-0.25, -0.2) is 18.7 Å². The molecule has 76 valence electrons. The molecule has 2 nitrogen and oxygen atoms in total. The highest BCUT2D eigenvalue weighted by atomic mass is 32.2. The average molecular weight is 224 g/mol. The van der Waals surface area contributed by atoms with Crippen LogP contribution in [0.2, 0.25) is 0 Å². The molecule has 0 spiro atoms. The van der Waals surface area contributed by atoms with Crippen molar-refractivity contribution in [1.29, 1.82) is 0 Å². The molecule has 2 rings (SSSR count). The maximum absolute atomic E-state index is 13.2. The second-order valence-electron chi connectivity index (χ2n) is 2.68. The highest BCUT2D eigenvalue weighted by Gasteiger charge is 2.09. The molecular formula is C10H6F2N2S. The second-order valence-corrected chi connectivity index (χ2v) is 3.66. The summed E-state index contributed by atoms with van der Waals surface area (Å²) in [4.78, 5) is 7.59. The summed E-state index contributed by atoms with van der Waals surface area (Å²) < 4.78 is 26.3. The van der Waals surface area contributed by atoms with E-state index in [4.69, 9.17) is 0 Å². The third-order valence-corrected chi connectivity index (χ3v) is 2.63. The first-order chi connectivity index (χ1) is 7.27. The van der Waals surface area contributed by atoms with Crippen molar-refractivity contribution in [2.24, 2.45) is 0 Å². The van der Waals surface area contributed by atoms with Gasteiger partial charge in [0.2, 0.25) is 0 Å². The van der Waals surface area contributed by atoms with Crippen LogP contribution >= 0.6 is 11.8 Å². The van der Waals surface area contributed by atoms with Crippen LogP contribution in [0.1, 0.15) is 0 Å². The van der Waals surface area contributed by atoms with Crippen molar-refractivity contribution < 1.29 is 8.78 Å². The first-order valence-electron chi connectivity index (χ1n) is 4.16. The van der Waals surface area contributed by atoms with Crippen LogP contribution < -0.4 is 0 Å². The van der Waals surface area contributed by atoms with Crippen molar-refractivity contribution >= 4 is 11.8 Å². The summed E-state index contributed by atoms with van der Waals surface area (Å²) in [5.74, 6) is -0.958. The highest BCUT2D eigenvalue weighted by Crippen LogP contribution is 2.27. The van der Waals surface area contributed by atoms with Crippen molar-refractivity contribution in [3.8, 4) is 0 Å². The fraction of sp³-hybridized carbons (Fsp3) is 0. The van der Waals surface area contributed by atoms with Crippen LogP contribution in [0.25, 0.3) is 0 Å². The van der Waals surface area contributed by atoms with Crippen molar-refractivity contribution in [2.45, 2.75) is 10.1 Å². The molecule has 0 aliphatic heterocycles. The number of hydrogen-bond donors (Lipinski definition) is 0. The van der Waals surface area contributed by atoms with E-state index in [2.05, 4.69) is 9.97 Å². The van der Waals surface area contributed by atoms with Crippen LogP contribution in [-0.4, -0.2) is 9.97 Å². The topological polar surface area (TPSA) is 25.8 Å². The Morgan fingerprint density at radius 1 is 0.867 bits per heavy atom. The number of pyridine rings is 2. The van der Waals surface area contributed by atoms with Crippen molar-refractivity contribution in [3.63, 3.8) is 0 Å². The molecule has 0 saturated heterocycles. The Bertz CT molecular complexity index is 433. The number of nitrogens with zero attached hydrogens (tertiary/aromatic N) is 2. The van der Waals surface area contributed by atoms with Gasteiger partial charge in [-0.05, 0) is 36.0 Å². The molecule has 0 aliphatic rings. The monoisotopic (exact) mass is 224 g/mol. The molecule has 0 unspecified atom stereocenters. The summed E-state index contributed by atoms with van der Waals surface area (Å²) in [5.41, 5.74) is 0. The summed E-state index contributed by atoms with van der Waals surface area (Å²) >= 11 is 0.869. The third-order valence-electron chi connectivity index (χ3n) is 1.64. The third kappa shape index (κ3) is 2.30. The Morgan fingerprint density at radius 3 is 1.73 bits per heavy atom. The summed E-state index contributed by atoms with van der Waals surface area (Å²) in [6.45, 7) is 0. The smallest absolute Gasteiger partial charge is 0.155 e. The predicted octanol–water partition coefficient (Wildman–Crippen LogP) is 2.91. The van der Waals surface area contributed by atoms with Gasteiger partial charge in [-0.1, -0.05) is 0 Å². The van der Waals surface area contributed by atoms with E-state index in [-0.39, 0.29) is 10.1 Å². The van der Waals surface area contributed by atoms with Crippen molar-refractivity contribution in [1.82, 2.24) is 9.97 Å². The molecule has 0 fully saturated rings. The SMILES string of the molecule is Fc1cccnc1Sc1ncccc1F. The van der Waals surface area contributed by atoms with Crippen LogP contribution in [0.5, 0.6) is 0 Å². The lowest BCUT2D eigenvalue weighted by molar-refractivity contribution is 0.579. The Hall–Kier alpha value is -1.49. The minimum atomic E-state index is -0.479. The van der Waals surface area contributed by atoms with Gasteiger partial charge in [0.05, 0.1) is 0 Å². The van der Waals surface area contributed by atoms with Crippen LogP contribution in [0.3, 0.4) is 0 Å². The van der Waals surface area contributed by atoms with E-state index < -0.39 is 11.6 Å². The van der Waals surface area contributed by atoms with Crippen LogP contribution in [-0.2, 0) is 0 Å². The van der Waals surface area contributed by atoms with Gasteiger partial charge in [0.1, 0.15) is 10.1 Å². The van der Waals surface area contributed by atoms with Gasteiger partial charge in [-0.15, -0.1) is 0 Å². The molecular weight excluding hydrogens is 218 g/mol. The van der Waals surface area contributed by atoms with Crippen LogP contribution in [0.15, 0.2) is 46.7 Å². The molecule has 15 heavy (non-hydrogen) atoms. The van der Waals surface area contributed by atoms with Crippen LogP contribution in [0, 0.1) is 11.6 Å². The summed E-state index contributed by atoms with van der Waals surface area (Å²) in [7, 11) is 0. The molecule has 2 aromatic rings. The average Bonchev–Trinajstić information content (AvgIpc) is 2.24. The van der Waals surface area contributed by atoms with E-state index in [0.29, 0.717) is 0 Å². The number of aromatic nitrogens is 2. The Labute approximate surface area is 89.4 Å². The van der Waals surface area contributed by atoms with Gasteiger partial charge in [-0.3, -0.25) is 0 Å². The van der Waals surface area contributed by atoms with E-state index in [1.807, 2.05) is 0 Å². The van der Waals surface area contributed by atoms with E-state index in [0.717, 1.165) is 11.8 Å². The Kier molecular flexibility index (Phi) is 2.91. The summed E-state index contributed by atoms with van der Waals surface area (Å²) in [6, 6.07) is 5.51. The number of hydrogen-bond acceptors (Lipinski definition) is 3. The van der Waals surface area contributed by atoms with E-state index in [1.165, 1.54) is 36.7 Å². The number of halogens is 2. The lowest BCUT2D eigenvalue weighted by Gasteiger charge is -2.01. The molecule has 0 atom stereocenters. The first kappa shape index (κ1) is 10.0. The minimum Gasteiger partial charge on any atom is -0.246 e. The van der Waals surface area contributed by atoms with Crippen molar-refractivity contribution in [3.05, 3.63) is 48.3 Å².